The van der Waals surface area contributed by atoms with Crippen molar-refractivity contribution in [1.29, 1.82) is 0 Å². The highest BCUT2D eigenvalue weighted by molar-refractivity contribution is 6.32. The van der Waals surface area contributed by atoms with Gasteiger partial charge in [-0.1, -0.05) is 24.6 Å². The average Bonchev–Trinajstić information content (AvgIpc) is 3.27. The summed E-state index contributed by atoms with van der Waals surface area (Å²) in [5, 5.41) is 7.45. The van der Waals surface area contributed by atoms with Crippen LogP contribution in [0.4, 0.5) is 5.69 Å². The molecule has 1 aromatic rings. The van der Waals surface area contributed by atoms with Crippen molar-refractivity contribution >= 4 is 17.3 Å². The molecule has 1 aliphatic rings. The van der Waals surface area contributed by atoms with Crippen LogP contribution in [0.25, 0.3) is 0 Å². The Labute approximate surface area is 124 Å². The number of allylic oxidation sites excluding steroid dienone is 1. The first-order valence-electron chi connectivity index (χ1n) is 7.01. The summed E-state index contributed by atoms with van der Waals surface area (Å²) in [6.45, 7) is 8.89. The van der Waals surface area contributed by atoms with Crippen molar-refractivity contribution in [3.8, 4) is 0 Å². The number of nitrogens with zero attached hydrogens (tertiary/aromatic N) is 3. The number of anilines is 1. The van der Waals surface area contributed by atoms with E-state index in [1.165, 1.54) is 17.5 Å². The van der Waals surface area contributed by atoms with Crippen LogP contribution in [-0.2, 0) is 6.54 Å². The van der Waals surface area contributed by atoms with Crippen molar-refractivity contribution in [2.75, 3.05) is 25.0 Å². The summed E-state index contributed by atoms with van der Waals surface area (Å²) < 4.78 is 1.29. The standard InChI is InChI=1S/C14H21ClN4O/c1-3-8-19-14(20)13(15)12(10-17-19)16-7-9-18(4-2)11-5-6-11/h3,10-11,16H,1,4-9H2,2H3. The van der Waals surface area contributed by atoms with Crippen LogP contribution in [0, 0.1) is 0 Å². The molecule has 110 valence electrons. The van der Waals surface area contributed by atoms with Gasteiger partial charge in [-0.15, -0.1) is 6.58 Å². The Kier molecular flexibility index (Phi) is 5.20. The number of hydrogen-bond acceptors (Lipinski definition) is 4. The largest absolute Gasteiger partial charge is 0.381 e. The number of aromatic nitrogens is 2. The first-order valence-corrected chi connectivity index (χ1v) is 7.39. The predicted molar refractivity (Wildman–Crippen MR) is 82.5 cm³/mol. The van der Waals surface area contributed by atoms with Crippen molar-refractivity contribution < 1.29 is 0 Å². The smallest absolute Gasteiger partial charge is 0.287 e. The maximum absolute atomic E-state index is 11.9. The lowest BCUT2D eigenvalue weighted by molar-refractivity contribution is 0.289. The minimum absolute atomic E-state index is 0.191. The fourth-order valence-electron chi connectivity index (χ4n) is 2.21. The highest BCUT2D eigenvalue weighted by Gasteiger charge is 2.27. The van der Waals surface area contributed by atoms with Gasteiger partial charge in [0.05, 0.1) is 18.4 Å². The minimum atomic E-state index is -0.286. The van der Waals surface area contributed by atoms with E-state index in [2.05, 4.69) is 28.8 Å². The van der Waals surface area contributed by atoms with Gasteiger partial charge in [0.15, 0.2) is 0 Å². The monoisotopic (exact) mass is 296 g/mol. The summed E-state index contributed by atoms with van der Waals surface area (Å²) in [6, 6.07) is 0.746. The third-order valence-electron chi connectivity index (χ3n) is 3.47. The van der Waals surface area contributed by atoms with Crippen molar-refractivity contribution in [3.63, 3.8) is 0 Å². The van der Waals surface area contributed by atoms with E-state index in [0.29, 0.717) is 12.2 Å². The van der Waals surface area contributed by atoms with Crippen molar-refractivity contribution in [2.45, 2.75) is 32.4 Å². The van der Waals surface area contributed by atoms with Gasteiger partial charge in [-0.05, 0) is 19.4 Å². The summed E-state index contributed by atoms with van der Waals surface area (Å²) in [5.41, 5.74) is 0.315. The van der Waals surface area contributed by atoms with E-state index >= 15 is 0 Å². The molecule has 1 heterocycles. The summed E-state index contributed by atoms with van der Waals surface area (Å²) in [4.78, 5) is 14.4. The van der Waals surface area contributed by atoms with E-state index < -0.39 is 0 Å². The van der Waals surface area contributed by atoms with E-state index in [1.54, 1.807) is 12.3 Å². The molecule has 1 saturated carbocycles. The molecule has 6 heteroatoms. The van der Waals surface area contributed by atoms with Crippen LogP contribution in [0.15, 0.2) is 23.6 Å². The van der Waals surface area contributed by atoms with E-state index in [-0.39, 0.29) is 10.6 Å². The number of likely N-dealkylation sites (N-methyl/N-ethyl adjacent to an activating group) is 1. The van der Waals surface area contributed by atoms with E-state index in [9.17, 15) is 4.79 Å². The lowest BCUT2D eigenvalue weighted by Gasteiger charge is -2.20. The zero-order valence-electron chi connectivity index (χ0n) is 11.8. The highest BCUT2D eigenvalue weighted by atomic mass is 35.5. The second-order valence-corrected chi connectivity index (χ2v) is 5.31. The summed E-state index contributed by atoms with van der Waals surface area (Å²) in [6.07, 6.45) is 5.81. The van der Waals surface area contributed by atoms with Gasteiger partial charge in [-0.2, -0.15) is 5.10 Å². The molecule has 0 amide bonds. The first-order chi connectivity index (χ1) is 9.67. The fourth-order valence-corrected chi connectivity index (χ4v) is 2.43. The highest BCUT2D eigenvalue weighted by Crippen LogP contribution is 2.26. The molecule has 0 aromatic carbocycles. The molecule has 1 aromatic heterocycles. The fraction of sp³-hybridized carbons (Fsp3) is 0.571. The molecular weight excluding hydrogens is 276 g/mol. The molecule has 1 N–H and O–H groups in total. The second kappa shape index (κ2) is 6.90. The zero-order chi connectivity index (χ0) is 14.5. The maximum Gasteiger partial charge on any atom is 0.287 e. The van der Waals surface area contributed by atoms with Crippen LogP contribution in [-0.4, -0.2) is 40.4 Å². The topological polar surface area (TPSA) is 50.2 Å². The van der Waals surface area contributed by atoms with Gasteiger partial charge in [-0.3, -0.25) is 9.69 Å². The van der Waals surface area contributed by atoms with Crippen LogP contribution in [0.2, 0.25) is 5.02 Å². The lowest BCUT2D eigenvalue weighted by Crippen LogP contribution is -2.31. The number of hydrogen-bond donors (Lipinski definition) is 1. The molecule has 0 spiro atoms. The minimum Gasteiger partial charge on any atom is -0.381 e. The summed E-state index contributed by atoms with van der Waals surface area (Å²) in [5.74, 6) is 0. The Morgan fingerprint density at radius 3 is 3.00 bits per heavy atom. The maximum atomic E-state index is 11.9. The molecule has 0 saturated heterocycles. The molecule has 5 nitrogen and oxygen atoms in total. The van der Waals surface area contributed by atoms with Gasteiger partial charge in [0.1, 0.15) is 5.02 Å². The Bertz CT molecular complexity index is 524. The van der Waals surface area contributed by atoms with Crippen LogP contribution >= 0.6 is 11.6 Å². The molecule has 1 fully saturated rings. The first kappa shape index (κ1) is 15.1. The quantitative estimate of drug-likeness (QED) is 0.745. The Morgan fingerprint density at radius 2 is 2.40 bits per heavy atom. The SMILES string of the molecule is C=CCn1ncc(NCCN(CC)C2CC2)c(Cl)c1=O. The van der Waals surface area contributed by atoms with E-state index in [1.807, 2.05) is 0 Å². The van der Waals surface area contributed by atoms with Gasteiger partial charge in [-0.25, -0.2) is 4.68 Å². The lowest BCUT2D eigenvalue weighted by atomic mass is 10.4. The van der Waals surface area contributed by atoms with Crippen molar-refractivity contribution in [1.82, 2.24) is 14.7 Å². The molecule has 0 aliphatic heterocycles. The van der Waals surface area contributed by atoms with Gasteiger partial charge < -0.3 is 5.32 Å². The van der Waals surface area contributed by atoms with Gasteiger partial charge in [0, 0.05) is 19.1 Å². The molecular formula is C14H21ClN4O. The summed E-state index contributed by atoms with van der Waals surface area (Å²) >= 11 is 6.07. The molecule has 0 radical (unpaired) electrons. The zero-order valence-corrected chi connectivity index (χ0v) is 12.6. The predicted octanol–water partition coefficient (Wildman–Crippen LogP) is 1.98. The molecule has 0 bridgehead atoms. The van der Waals surface area contributed by atoms with E-state index in [0.717, 1.165) is 25.7 Å². The number of halogens is 1. The molecule has 0 atom stereocenters. The van der Waals surface area contributed by atoms with Crippen LogP contribution in [0.5, 0.6) is 0 Å². The third-order valence-corrected chi connectivity index (χ3v) is 3.84. The van der Waals surface area contributed by atoms with Gasteiger partial charge in [0.2, 0.25) is 0 Å². The molecule has 1 aliphatic carbocycles. The Morgan fingerprint density at radius 1 is 1.65 bits per heavy atom. The van der Waals surface area contributed by atoms with Crippen LogP contribution in [0.3, 0.4) is 0 Å². The average molecular weight is 297 g/mol. The molecule has 2 rings (SSSR count). The third kappa shape index (κ3) is 3.61. The Balaban J connectivity index is 1.94. The van der Waals surface area contributed by atoms with Crippen LogP contribution < -0.4 is 10.9 Å². The molecule has 20 heavy (non-hydrogen) atoms. The number of rotatable bonds is 8. The van der Waals surface area contributed by atoms with Crippen LogP contribution in [0.1, 0.15) is 19.8 Å². The van der Waals surface area contributed by atoms with Crippen molar-refractivity contribution in [3.05, 3.63) is 34.2 Å². The van der Waals surface area contributed by atoms with Crippen molar-refractivity contribution in [2.24, 2.45) is 0 Å². The van der Waals surface area contributed by atoms with Gasteiger partial charge in [0.25, 0.3) is 5.56 Å². The van der Waals surface area contributed by atoms with Gasteiger partial charge >= 0.3 is 0 Å². The number of nitrogens with one attached hydrogen (secondary N) is 1. The van der Waals surface area contributed by atoms with E-state index in [4.69, 9.17) is 11.6 Å². The summed E-state index contributed by atoms with van der Waals surface area (Å²) in [7, 11) is 0. The Hall–Kier alpha value is -1.33. The second-order valence-electron chi connectivity index (χ2n) is 4.93. The molecule has 0 unspecified atom stereocenters. The normalized spacial score (nSPS) is 14.6.